The molecule has 6 heteroatoms. The first-order valence-corrected chi connectivity index (χ1v) is 11.1. The van der Waals surface area contributed by atoms with Crippen LogP contribution in [0.3, 0.4) is 0 Å². The number of hydrogen-bond donors (Lipinski definition) is 0. The van der Waals surface area contributed by atoms with Gasteiger partial charge < -0.3 is 14.4 Å². The first-order chi connectivity index (χ1) is 14.9. The number of hydrogen-bond acceptors (Lipinski definition) is 3. The Morgan fingerprint density at radius 3 is 2.68 bits per heavy atom. The maximum absolute atomic E-state index is 14.2. The van der Waals surface area contributed by atoms with Crippen molar-refractivity contribution in [1.29, 1.82) is 0 Å². The van der Waals surface area contributed by atoms with Gasteiger partial charge in [-0.25, -0.2) is 4.39 Å². The summed E-state index contributed by atoms with van der Waals surface area (Å²) >= 11 is 0. The number of halogens is 1. The number of likely N-dealkylation sites (tertiary alicyclic amines) is 1. The van der Waals surface area contributed by atoms with Crippen LogP contribution in [0.2, 0.25) is 0 Å². The number of nitrogens with zero attached hydrogens (tertiary/aromatic N) is 4. The standard InChI is InChI=1S/C25H31FN4O/c1-5-29-12-9-18(10-13-29)22-16-30(24-15-27-11-8-20(22)24)23-7-6-19(26)14-21(23)25(31)28(4)17(2)3/h6-8,11,14-18H,5,9-10,12-13H2,1-4H3. The van der Waals surface area contributed by atoms with Crippen molar-refractivity contribution in [3.05, 3.63) is 59.8 Å². The highest BCUT2D eigenvalue weighted by atomic mass is 19.1. The van der Waals surface area contributed by atoms with E-state index in [4.69, 9.17) is 0 Å². The molecule has 3 heterocycles. The lowest BCUT2D eigenvalue weighted by molar-refractivity contribution is 0.0754. The molecular formula is C25H31FN4O. The zero-order valence-corrected chi connectivity index (χ0v) is 18.8. The first kappa shape index (κ1) is 21.5. The molecule has 0 radical (unpaired) electrons. The van der Waals surface area contributed by atoms with E-state index in [-0.39, 0.29) is 11.9 Å². The number of piperidine rings is 1. The Morgan fingerprint density at radius 1 is 1.26 bits per heavy atom. The molecule has 2 aromatic heterocycles. The number of rotatable bonds is 5. The maximum atomic E-state index is 14.2. The Labute approximate surface area is 183 Å². The molecule has 4 rings (SSSR count). The lowest BCUT2D eigenvalue weighted by Crippen LogP contribution is -2.33. The van der Waals surface area contributed by atoms with Crippen LogP contribution >= 0.6 is 0 Å². The van der Waals surface area contributed by atoms with Gasteiger partial charge in [-0.15, -0.1) is 0 Å². The zero-order chi connectivity index (χ0) is 22.1. The van der Waals surface area contributed by atoms with Crippen LogP contribution in [0, 0.1) is 5.82 Å². The predicted molar refractivity (Wildman–Crippen MR) is 122 cm³/mol. The summed E-state index contributed by atoms with van der Waals surface area (Å²) in [6.45, 7) is 9.39. The molecule has 0 saturated carbocycles. The van der Waals surface area contributed by atoms with Gasteiger partial charge in [0.1, 0.15) is 5.82 Å². The summed E-state index contributed by atoms with van der Waals surface area (Å²) in [6.07, 6.45) is 8.02. The number of carbonyl (C=O) groups excluding carboxylic acids is 1. The maximum Gasteiger partial charge on any atom is 0.256 e. The van der Waals surface area contributed by atoms with E-state index in [1.54, 1.807) is 18.0 Å². The number of aromatic nitrogens is 2. The monoisotopic (exact) mass is 422 g/mol. The van der Waals surface area contributed by atoms with Crippen LogP contribution in [0.15, 0.2) is 42.9 Å². The minimum atomic E-state index is -0.411. The molecule has 1 saturated heterocycles. The van der Waals surface area contributed by atoms with Gasteiger partial charge in [0.2, 0.25) is 0 Å². The van der Waals surface area contributed by atoms with Crippen LogP contribution in [0.4, 0.5) is 4.39 Å². The average Bonchev–Trinajstić information content (AvgIpc) is 3.17. The molecule has 0 spiro atoms. The first-order valence-electron chi connectivity index (χ1n) is 11.1. The molecule has 1 aliphatic heterocycles. The largest absolute Gasteiger partial charge is 0.339 e. The third-order valence-electron chi connectivity index (χ3n) is 6.66. The van der Waals surface area contributed by atoms with Crippen molar-refractivity contribution in [3.63, 3.8) is 0 Å². The van der Waals surface area contributed by atoms with Crippen molar-refractivity contribution in [2.24, 2.45) is 0 Å². The highest BCUT2D eigenvalue weighted by Gasteiger charge is 2.25. The summed E-state index contributed by atoms with van der Waals surface area (Å²) in [6, 6.07) is 6.54. The van der Waals surface area contributed by atoms with Gasteiger partial charge in [-0.2, -0.15) is 0 Å². The fourth-order valence-electron chi connectivity index (χ4n) is 4.50. The van der Waals surface area contributed by atoms with Crippen molar-refractivity contribution in [3.8, 4) is 5.69 Å². The summed E-state index contributed by atoms with van der Waals surface area (Å²) in [4.78, 5) is 21.6. The van der Waals surface area contributed by atoms with Gasteiger partial charge in [0.05, 0.1) is 23.0 Å². The van der Waals surface area contributed by atoms with Gasteiger partial charge in [-0.1, -0.05) is 6.92 Å². The molecule has 0 unspecified atom stereocenters. The topological polar surface area (TPSA) is 41.4 Å². The molecule has 1 fully saturated rings. The van der Waals surface area contributed by atoms with E-state index >= 15 is 0 Å². The third kappa shape index (κ3) is 4.09. The summed E-state index contributed by atoms with van der Waals surface area (Å²) in [5, 5.41) is 1.16. The fourth-order valence-corrected chi connectivity index (χ4v) is 4.50. The number of carbonyl (C=O) groups is 1. The van der Waals surface area contributed by atoms with Crippen molar-refractivity contribution in [1.82, 2.24) is 19.4 Å². The number of benzene rings is 1. The second-order valence-corrected chi connectivity index (χ2v) is 8.73. The Balaban J connectivity index is 1.82. The molecule has 31 heavy (non-hydrogen) atoms. The van der Waals surface area contributed by atoms with Gasteiger partial charge in [-0.3, -0.25) is 9.78 Å². The van der Waals surface area contributed by atoms with Crippen molar-refractivity contribution in [2.45, 2.75) is 45.6 Å². The van der Waals surface area contributed by atoms with E-state index in [2.05, 4.69) is 29.1 Å². The second-order valence-electron chi connectivity index (χ2n) is 8.73. The molecule has 0 atom stereocenters. The summed E-state index contributed by atoms with van der Waals surface area (Å²) in [5.41, 5.74) is 3.29. The van der Waals surface area contributed by atoms with Gasteiger partial charge in [0.25, 0.3) is 5.91 Å². The van der Waals surface area contributed by atoms with Crippen LogP contribution < -0.4 is 0 Å². The van der Waals surface area contributed by atoms with Gasteiger partial charge in [-0.05, 0) is 82.1 Å². The van der Waals surface area contributed by atoms with Crippen molar-refractivity contribution in [2.75, 3.05) is 26.7 Å². The van der Waals surface area contributed by atoms with E-state index in [1.165, 1.54) is 17.7 Å². The van der Waals surface area contributed by atoms with Crippen LogP contribution in [-0.4, -0.2) is 58.0 Å². The predicted octanol–water partition coefficient (Wildman–Crippen LogP) is 4.84. The quantitative estimate of drug-likeness (QED) is 0.591. The second kappa shape index (κ2) is 8.79. The van der Waals surface area contributed by atoms with Gasteiger partial charge >= 0.3 is 0 Å². The van der Waals surface area contributed by atoms with E-state index < -0.39 is 5.82 Å². The van der Waals surface area contributed by atoms with Gasteiger partial charge in [0, 0.05) is 30.9 Å². The van der Waals surface area contributed by atoms with E-state index in [9.17, 15) is 9.18 Å². The minimum absolute atomic E-state index is 0.0194. The molecule has 164 valence electrons. The van der Waals surface area contributed by atoms with Crippen LogP contribution in [0.5, 0.6) is 0 Å². The molecule has 0 aliphatic carbocycles. The smallest absolute Gasteiger partial charge is 0.256 e. The minimum Gasteiger partial charge on any atom is -0.339 e. The highest BCUT2D eigenvalue weighted by Crippen LogP contribution is 2.36. The molecule has 5 nitrogen and oxygen atoms in total. The van der Waals surface area contributed by atoms with Gasteiger partial charge in [0.15, 0.2) is 0 Å². The van der Waals surface area contributed by atoms with Crippen molar-refractivity contribution >= 4 is 16.8 Å². The fraction of sp³-hybridized carbons (Fsp3) is 0.440. The average molecular weight is 423 g/mol. The van der Waals surface area contributed by atoms with Crippen LogP contribution in [0.25, 0.3) is 16.6 Å². The normalized spacial score (nSPS) is 15.7. The Bertz CT molecular complexity index is 1080. The third-order valence-corrected chi connectivity index (χ3v) is 6.66. The van der Waals surface area contributed by atoms with E-state index in [1.807, 2.05) is 30.8 Å². The highest BCUT2D eigenvalue weighted by molar-refractivity contribution is 5.99. The van der Waals surface area contributed by atoms with Crippen molar-refractivity contribution < 1.29 is 9.18 Å². The summed E-state index contributed by atoms with van der Waals surface area (Å²) < 4.78 is 16.2. The molecule has 0 N–H and O–H groups in total. The Morgan fingerprint density at radius 2 is 2.00 bits per heavy atom. The Kier molecular flexibility index (Phi) is 6.10. The van der Waals surface area contributed by atoms with Crippen LogP contribution in [-0.2, 0) is 0 Å². The van der Waals surface area contributed by atoms with E-state index in [0.717, 1.165) is 43.4 Å². The molecular weight excluding hydrogens is 391 g/mol. The van der Waals surface area contributed by atoms with E-state index in [0.29, 0.717) is 17.2 Å². The molecule has 0 bridgehead atoms. The molecule has 1 amide bonds. The Hall–Kier alpha value is -2.73. The lowest BCUT2D eigenvalue weighted by Gasteiger charge is -2.30. The summed E-state index contributed by atoms with van der Waals surface area (Å²) in [7, 11) is 1.75. The zero-order valence-electron chi connectivity index (χ0n) is 18.8. The molecule has 1 aliphatic rings. The molecule has 3 aromatic rings. The number of amides is 1. The number of fused-ring (bicyclic) bond motifs is 1. The molecule has 1 aromatic carbocycles. The summed E-state index contributed by atoms with van der Waals surface area (Å²) in [5.74, 6) is -0.133. The SMILES string of the molecule is CCN1CCC(c2cn(-c3ccc(F)cc3C(=O)N(C)C(C)C)c3cnccc23)CC1. The van der Waals surface area contributed by atoms with Crippen LogP contribution in [0.1, 0.15) is 55.5 Å². The lowest BCUT2D eigenvalue weighted by atomic mass is 9.89. The number of pyridine rings is 1.